The third-order valence-corrected chi connectivity index (χ3v) is 5.34. The van der Waals surface area contributed by atoms with Gasteiger partial charge in [0.05, 0.1) is 13.2 Å². The predicted molar refractivity (Wildman–Crippen MR) is 104 cm³/mol. The Morgan fingerprint density at radius 3 is 3.00 bits per heavy atom. The number of carbonyl (C=O) groups excluding carboxylic acids is 1. The third kappa shape index (κ3) is 4.63. The molecule has 0 fully saturated rings. The number of nitrogens with zero attached hydrogens (tertiary/aromatic N) is 2. The van der Waals surface area contributed by atoms with Gasteiger partial charge >= 0.3 is 0 Å². The zero-order chi connectivity index (χ0) is 18.5. The maximum Gasteiger partial charge on any atom is 0.236 e. The molecule has 140 valence electrons. The summed E-state index contributed by atoms with van der Waals surface area (Å²) in [6.45, 7) is 5.00. The van der Waals surface area contributed by atoms with Crippen LogP contribution in [0.15, 0.2) is 35.0 Å². The van der Waals surface area contributed by atoms with E-state index in [-0.39, 0.29) is 12.0 Å². The van der Waals surface area contributed by atoms with Gasteiger partial charge in [-0.2, -0.15) is 11.3 Å². The molecule has 1 amide bonds. The Hall–Kier alpha value is -1.89. The van der Waals surface area contributed by atoms with Crippen LogP contribution >= 0.6 is 11.3 Å². The van der Waals surface area contributed by atoms with Gasteiger partial charge in [0.25, 0.3) is 0 Å². The summed E-state index contributed by atoms with van der Waals surface area (Å²) in [5.41, 5.74) is 3.49. The fourth-order valence-corrected chi connectivity index (χ4v) is 3.80. The Morgan fingerprint density at radius 1 is 1.42 bits per heavy atom. The predicted octanol–water partition coefficient (Wildman–Crippen LogP) is 3.10. The number of fused-ring (bicyclic) bond motifs is 1. The fraction of sp³-hybridized carbons (Fsp3) is 0.450. The lowest BCUT2D eigenvalue weighted by atomic mass is 10.1. The first-order chi connectivity index (χ1) is 12.6. The number of hydrogen-bond acceptors (Lipinski definition) is 5. The van der Waals surface area contributed by atoms with Crippen LogP contribution in [-0.2, 0) is 16.1 Å². The quantitative estimate of drug-likeness (QED) is 0.779. The van der Waals surface area contributed by atoms with E-state index in [4.69, 9.17) is 9.47 Å². The summed E-state index contributed by atoms with van der Waals surface area (Å²) < 4.78 is 11.4. The largest absolute Gasteiger partial charge is 0.484 e. The molecule has 0 spiro atoms. The Kier molecular flexibility index (Phi) is 6.29. The van der Waals surface area contributed by atoms with Crippen LogP contribution in [0.3, 0.4) is 0 Å². The van der Waals surface area contributed by atoms with E-state index in [1.165, 1.54) is 5.56 Å². The summed E-state index contributed by atoms with van der Waals surface area (Å²) in [7, 11) is 3.47. The van der Waals surface area contributed by atoms with Gasteiger partial charge in [-0.15, -0.1) is 0 Å². The summed E-state index contributed by atoms with van der Waals surface area (Å²) in [4.78, 5) is 16.5. The van der Waals surface area contributed by atoms with Crippen molar-refractivity contribution in [2.24, 2.45) is 0 Å². The molecule has 0 N–H and O–H groups in total. The van der Waals surface area contributed by atoms with Crippen molar-refractivity contribution in [1.29, 1.82) is 0 Å². The molecule has 6 heteroatoms. The lowest BCUT2D eigenvalue weighted by molar-refractivity contribution is -0.132. The molecule has 1 aliphatic rings. The van der Waals surface area contributed by atoms with Crippen molar-refractivity contribution in [3.63, 3.8) is 0 Å². The summed E-state index contributed by atoms with van der Waals surface area (Å²) in [5.74, 6) is 1.01. The minimum atomic E-state index is -0.0673. The van der Waals surface area contributed by atoms with Crippen molar-refractivity contribution >= 4 is 17.2 Å². The van der Waals surface area contributed by atoms with Crippen molar-refractivity contribution < 1.29 is 14.3 Å². The Balaban J connectivity index is 1.79. The van der Waals surface area contributed by atoms with Gasteiger partial charge in [0, 0.05) is 44.9 Å². The van der Waals surface area contributed by atoms with Crippen LogP contribution in [0.2, 0.25) is 0 Å². The molecule has 0 radical (unpaired) electrons. The summed E-state index contributed by atoms with van der Waals surface area (Å²) in [5, 5.41) is 4.18. The summed E-state index contributed by atoms with van der Waals surface area (Å²) in [6, 6.07) is 8.36. The van der Waals surface area contributed by atoms with Gasteiger partial charge < -0.3 is 14.4 Å². The van der Waals surface area contributed by atoms with Gasteiger partial charge in [0.1, 0.15) is 11.9 Å². The van der Waals surface area contributed by atoms with Crippen LogP contribution in [0.4, 0.5) is 0 Å². The molecule has 0 bridgehead atoms. The molecule has 2 heterocycles. The second kappa shape index (κ2) is 8.66. The van der Waals surface area contributed by atoms with Crippen molar-refractivity contribution in [2.45, 2.75) is 19.6 Å². The number of amides is 1. The van der Waals surface area contributed by atoms with E-state index in [1.54, 1.807) is 23.3 Å². The van der Waals surface area contributed by atoms with E-state index in [2.05, 4.69) is 40.8 Å². The molecule has 0 saturated heterocycles. The van der Waals surface area contributed by atoms with E-state index in [9.17, 15) is 4.79 Å². The fourth-order valence-electron chi connectivity index (χ4n) is 3.09. The van der Waals surface area contributed by atoms with Crippen molar-refractivity contribution in [2.75, 3.05) is 40.4 Å². The molecule has 1 aliphatic heterocycles. The maximum atomic E-state index is 12.6. The molecular formula is C20H26N2O3S. The van der Waals surface area contributed by atoms with Gasteiger partial charge in [0.15, 0.2) is 0 Å². The van der Waals surface area contributed by atoms with Crippen LogP contribution in [0.5, 0.6) is 5.75 Å². The number of hydrogen-bond donors (Lipinski definition) is 0. The first-order valence-corrected chi connectivity index (χ1v) is 9.74. The van der Waals surface area contributed by atoms with Gasteiger partial charge in [-0.3, -0.25) is 9.69 Å². The smallest absolute Gasteiger partial charge is 0.236 e. The molecule has 2 aromatic rings. The topological polar surface area (TPSA) is 42.0 Å². The van der Waals surface area contributed by atoms with E-state index in [0.717, 1.165) is 16.9 Å². The zero-order valence-electron chi connectivity index (χ0n) is 15.6. The van der Waals surface area contributed by atoms with Crippen LogP contribution in [0.25, 0.3) is 0 Å². The first kappa shape index (κ1) is 18.9. The molecule has 5 nitrogen and oxygen atoms in total. The van der Waals surface area contributed by atoms with E-state index < -0.39 is 0 Å². The highest BCUT2D eigenvalue weighted by molar-refractivity contribution is 7.07. The number of methoxy groups -OCH3 is 1. The molecule has 1 aromatic heterocycles. The maximum absolute atomic E-state index is 12.6. The summed E-state index contributed by atoms with van der Waals surface area (Å²) in [6.07, 6.45) is -0.0673. The van der Waals surface area contributed by atoms with E-state index >= 15 is 0 Å². The summed E-state index contributed by atoms with van der Waals surface area (Å²) >= 11 is 1.67. The molecule has 1 aromatic carbocycles. The number of likely N-dealkylation sites (N-methyl/N-ethyl adjacent to an activating group) is 1. The number of benzene rings is 1. The second-order valence-electron chi connectivity index (χ2n) is 6.75. The minimum Gasteiger partial charge on any atom is -0.484 e. The average molecular weight is 375 g/mol. The van der Waals surface area contributed by atoms with Gasteiger partial charge in [-0.05, 0) is 29.8 Å². The standard InChI is InChI=1S/C20H26N2O3S/c1-15-4-5-18-17(10-15)11-22(13-20(23)21(2)7-8-24-3)12-19(25-18)16-6-9-26-14-16/h4-6,9-10,14,19H,7-8,11-13H2,1-3H3. The van der Waals surface area contributed by atoms with Crippen LogP contribution in [0, 0.1) is 6.92 Å². The Labute approximate surface area is 159 Å². The molecule has 0 saturated carbocycles. The van der Waals surface area contributed by atoms with Crippen molar-refractivity contribution in [3.05, 3.63) is 51.7 Å². The normalized spacial score (nSPS) is 17.3. The van der Waals surface area contributed by atoms with Crippen LogP contribution in [-0.4, -0.2) is 56.1 Å². The van der Waals surface area contributed by atoms with E-state index in [0.29, 0.717) is 32.8 Å². The molecule has 1 unspecified atom stereocenters. The van der Waals surface area contributed by atoms with Crippen LogP contribution < -0.4 is 4.74 Å². The lowest BCUT2D eigenvalue weighted by Crippen LogP contribution is -2.40. The van der Waals surface area contributed by atoms with E-state index in [1.807, 2.05) is 13.1 Å². The highest BCUT2D eigenvalue weighted by Crippen LogP contribution is 2.32. The molecule has 3 rings (SSSR count). The molecule has 26 heavy (non-hydrogen) atoms. The molecular weight excluding hydrogens is 348 g/mol. The highest BCUT2D eigenvalue weighted by atomic mass is 32.1. The third-order valence-electron chi connectivity index (χ3n) is 4.63. The SMILES string of the molecule is COCCN(C)C(=O)CN1Cc2cc(C)ccc2OC(c2ccsc2)C1. The molecule has 1 atom stereocenters. The van der Waals surface area contributed by atoms with Crippen LogP contribution in [0.1, 0.15) is 22.8 Å². The average Bonchev–Trinajstić information content (AvgIpc) is 3.09. The van der Waals surface area contributed by atoms with Gasteiger partial charge in [0.2, 0.25) is 5.91 Å². The first-order valence-electron chi connectivity index (χ1n) is 8.80. The number of ether oxygens (including phenoxy) is 2. The van der Waals surface area contributed by atoms with Crippen molar-refractivity contribution in [1.82, 2.24) is 9.80 Å². The zero-order valence-corrected chi connectivity index (χ0v) is 16.4. The minimum absolute atomic E-state index is 0.0673. The second-order valence-corrected chi connectivity index (χ2v) is 7.53. The number of rotatable bonds is 6. The van der Waals surface area contributed by atoms with Gasteiger partial charge in [-0.1, -0.05) is 17.7 Å². The highest BCUT2D eigenvalue weighted by Gasteiger charge is 2.26. The van der Waals surface area contributed by atoms with Gasteiger partial charge in [-0.25, -0.2) is 0 Å². The van der Waals surface area contributed by atoms with Crippen molar-refractivity contribution in [3.8, 4) is 5.75 Å². The Bertz CT molecular complexity index is 733. The molecule has 0 aliphatic carbocycles. The Morgan fingerprint density at radius 2 is 2.27 bits per heavy atom. The monoisotopic (exact) mass is 374 g/mol. The lowest BCUT2D eigenvalue weighted by Gasteiger charge is -2.25. The number of carbonyl (C=O) groups is 1. The number of aryl methyl sites for hydroxylation is 1. The number of thiophene rings is 1.